The van der Waals surface area contributed by atoms with Gasteiger partial charge in [0.15, 0.2) is 0 Å². The molecule has 0 amide bonds. The summed E-state index contributed by atoms with van der Waals surface area (Å²) >= 11 is 0. The van der Waals surface area contributed by atoms with Gasteiger partial charge in [-0.15, -0.1) is 0 Å². The van der Waals surface area contributed by atoms with Crippen LogP contribution in [0.2, 0.25) is 0 Å². The normalized spacial score (nSPS) is 46.0. The number of esters is 1. The van der Waals surface area contributed by atoms with Gasteiger partial charge >= 0.3 is 5.97 Å². The fourth-order valence-corrected chi connectivity index (χ4v) is 4.12. The smallest absolute Gasteiger partial charge is 0.323 e. The van der Waals surface area contributed by atoms with E-state index in [-0.39, 0.29) is 30.3 Å². The van der Waals surface area contributed by atoms with Crippen LogP contribution in [0.1, 0.15) is 46.0 Å². The fourth-order valence-electron chi connectivity index (χ4n) is 4.12. The third-order valence-corrected chi connectivity index (χ3v) is 4.94. The van der Waals surface area contributed by atoms with Crippen LogP contribution in [-0.4, -0.2) is 36.9 Å². The first-order valence-electron chi connectivity index (χ1n) is 7.73. The highest BCUT2D eigenvalue weighted by molar-refractivity contribution is 5.77. The largest absolute Gasteiger partial charge is 0.461 e. The molecule has 2 aliphatic heterocycles. The molecule has 1 saturated carbocycles. The van der Waals surface area contributed by atoms with Crippen molar-refractivity contribution < 1.29 is 14.3 Å². The quantitative estimate of drug-likeness (QED) is 0.776. The van der Waals surface area contributed by atoms with Gasteiger partial charge in [0.2, 0.25) is 0 Å². The zero-order chi connectivity index (χ0) is 13.4. The highest BCUT2D eigenvalue weighted by atomic mass is 16.6. The maximum absolute atomic E-state index is 12.3. The summed E-state index contributed by atoms with van der Waals surface area (Å²) in [6.07, 6.45) is 5.80. The van der Waals surface area contributed by atoms with E-state index in [1.807, 2.05) is 0 Å². The molecule has 0 aromatic heterocycles. The molecule has 2 saturated heterocycles. The molecular weight excluding hydrogens is 242 g/mol. The van der Waals surface area contributed by atoms with E-state index >= 15 is 0 Å². The lowest BCUT2D eigenvalue weighted by atomic mass is 9.94. The summed E-state index contributed by atoms with van der Waals surface area (Å²) < 4.78 is 11.4. The van der Waals surface area contributed by atoms with Crippen LogP contribution >= 0.6 is 0 Å². The van der Waals surface area contributed by atoms with Crippen molar-refractivity contribution in [3.05, 3.63) is 0 Å². The number of ether oxygens (including phenoxy) is 2. The average Bonchev–Trinajstić information content (AvgIpc) is 2.87. The van der Waals surface area contributed by atoms with Gasteiger partial charge < -0.3 is 14.8 Å². The third kappa shape index (κ3) is 2.79. The van der Waals surface area contributed by atoms with Crippen LogP contribution in [0.5, 0.6) is 0 Å². The van der Waals surface area contributed by atoms with Gasteiger partial charge in [-0.2, -0.15) is 0 Å². The first-order chi connectivity index (χ1) is 9.13. The van der Waals surface area contributed by atoms with Crippen molar-refractivity contribution in [2.45, 2.75) is 70.3 Å². The fraction of sp³-hybridized carbons (Fsp3) is 0.933. The Morgan fingerprint density at radius 1 is 1.21 bits per heavy atom. The van der Waals surface area contributed by atoms with Crippen molar-refractivity contribution in [3.63, 3.8) is 0 Å². The Kier molecular flexibility index (Phi) is 3.81. The second kappa shape index (κ2) is 5.41. The Hall–Kier alpha value is -0.610. The maximum Gasteiger partial charge on any atom is 0.323 e. The lowest BCUT2D eigenvalue weighted by Gasteiger charge is -2.32. The van der Waals surface area contributed by atoms with Crippen molar-refractivity contribution in [3.8, 4) is 0 Å². The Morgan fingerprint density at radius 2 is 1.95 bits per heavy atom. The number of hydrogen-bond acceptors (Lipinski definition) is 4. The standard InChI is InChI=1S/C15H25NO3/c1-9-6-12(7-10(2)18-9)19-15(17)14-13-5-3-4-11(13)8-16-14/h9-14,16H,3-8H2,1-2H3. The number of hydrogen-bond donors (Lipinski definition) is 1. The Labute approximate surface area is 115 Å². The topological polar surface area (TPSA) is 47.6 Å². The van der Waals surface area contributed by atoms with Crippen LogP contribution in [-0.2, 0) is 14.3 Å². The van der Waals surface area contributed by atoms with Crippen LogP contribution in [0.4, 0.5) is 0 Å². The van der Waals surface area contributed by atoms with Crippen molar-refractivity contribution in [2.24, 2.45) is 11.8 Å². The van der Waals surface area contributed by atoms with E-state index in [1.54, 1.807) is 0 Å². The van der Waals surface area contributed by atoms with Gasteiger partial charge in [-0.05, 0) is 45.1 Å². The van der Waals surface area contributed by atoms with E-state index in [9.17, 15) is 4.79 Å². The minimum Gasteiger partial charge on any atom is -0.461 e. The number of nitrogens with one attached hydrogen (secondary N) is 1. The Morgan fingerprint density at radius 3 is 2.68 bits per heavy atom. The molecule has 108 valence electrons. The molecule has 0 bridgehead atoms. The molecular formula is C15H25NO3. The van der Waals surface area contributed by atoms with Crippen LogP contribution in [0.15, 0.2) is 0 Å². The van der Waals surface area contributed by atoms with Crippen LogP contribution in [0.3, 0.4) is 0 Å². The molecule has 3 rings (SSSR count). The molecule has 4 nitrogen and oxygen atoms in total. The molecule has 2 heterocycles. The lowest BCUT2D eigenvalue weighted by molar-refractivity contribution is -0.162. The molecule has 0 aromatic carbocycles. The van der Waals surface area contributed by atoms with E-state index in [0.29, 0.717) is 11.8 Å². The average molecular weight is 267 g/mol. The van der Waals surface area contributed by atoms with Crippen LogP contribution < -0.4 is 5.32 Å². The van der Waals surface area contributed by atoms with Gasteiger partial charge in [0.25, 0.3) is 0 Å². The second-order valence-corrected chi connectivity index (χ2v) is 6.53. The monoisotopic (exact) mass is 267 g/mol. The summed E-state index contributed by atoms with van der Waals surface area (Å²) in [5.74, 6) is 1.19. The minimum atomic E-state index is -0.0547. The molecule has 0 aromatic rings. The molecule has 0 spiro atoms. The first kappa shape index (κ1) is 13.4. The van der Waals surface area contributed by atoms with Gasteiger partial charge in [-0.1, -0.05) is 6.42 Å². The lowest BCUT2D eigenvalue weighted by Crippen LogP contribution is -2.42. The second-order valence-electron chi connectivity index (χ2n) is 6.53. The van der Waals surface area contributed by atoms with Gasteiger partial charge in [-0.25, -0.2) is 0 Å². The number of rotatable bonds is 2. The predicted octanol–water partition coefficient (Wildman–Crippen LogP) is 1.87. The van der Waals surface area contributed by atoms with Crippen molar-refractivity contribution in [2.75, 3.05) is 6.54 Å². The van der Waals surface area contributed by atoms with Crippen molar-refractivity contribution in [1.82, 2.24) is 5.32 Å². The summed E-state index contributed by atoms with van der Waals surface area (Å²) in [6.45, 7) is 5.10. The first-order valence-corrected chi connectivity index (χ1v) is 7.73. The highest BCUT2D eigenvalue weighted by Crippen LogP contribution is 2.38. The van der Waals surface area contributed by atoms with Crippen molar-refractivity contribution >= 4 is 5.97 Å². The zero-order valence-electron chi connectivity index (χ0n) is 11.9. The van der Waals surface area contributed by atoms with Crippen LogP contribution in [0.25, 0.3) is 0 Å². The summed E-state index contributed by atoms with van der Waals surface area (Å²) in [5.41, 5.74) is 0. The van der Waals surface area contributed by atoms with E-state index in [1.165, 1.54) is 19.3 Å². The molecule has 5 atom stereocenters. The van der Waals surface area contributed by atoms with Gasteiger partial charge in [0, 0.05) is 12.8 Å². The van der Waals surface area contributed by atoms with Crippen molar-refractivity contribution in [1.29, 1.82) is 0 Å². The molecule has 19 heavy (non-hydrogen) atoms. The highest BCUT2D eigenvalue weighted by Gasteiger charge is 2.44. The third-order valence-electron chi connectivity index (χ3n) is 4.94. The minimum absolute atomic E-state index is 0.0271. The number of fused-ring (bicyclic) bond motifs is 1. The zero-order valence-corrected chi connectivity index (χ0v) is 11.9. The number of carbonyl (C=O) groups is 1. The Balaban J connectivity index is 1.56. The molecule has 3 fully saturated rings. The summed E-state index contributed by atoms with van der Waals surface area (Å²) in [5, 5.41) is 3.36. The van der Waals surface area contributed by atoms with Gasteiger partial charge in [-0.3, -0.25) is 4.79 Å². The molecule has 1 N–H and O–H groups in total. The van der Waals surface area contributed by atoms with E-state index in [2.05, 4.69) is 19.2 Å². The summed E-state index contributed by atoms with van der Waals surface area (Å²) in [4.78, 5) is 12.3. The van der Waals surface area contributed by atoms with E-state index in [0.717, 1.165) is 19.4 Å². The van der Waals surface area contributed by atoms with E-state index < -0.39 is 0 Å². The number of carbonyl (C=O) groups excluding carboxylic acids is 1. The molecule has 0 radical (unpaired) electrons. The van der Waals surface area contributed by atoms with E-state index in [4.69, 9.17) is 9.47 Å². The molecule has 4 heteroatoms. The predicted molar refractivity (Wildman–Crippen MR) is 71.7 cm³/mol. The summed E-state index contributed by atoms with van der Waals surface area (Å²) in [6, 6.07) is -0.0547. The van der Waals surface area contributed by atoms with Gasteiger partial charge in [0.05, 0.1) is 12.2 Å². The molecule has 5 unspecified atom stereocenters. The molecule has 3 aliphatic rings. The summed E-state index contributed by atoms with van der Waals surface area (Å²) in [7, 11) is 0. The molecule has 1 aliphatic carbocycles. The SMILES string of the molecule is CC1CC(OC(=O)C2NCC3CCCC32)CC(C)O1. The van der Waals surface area contributed by atoms with Gasteiger partial charge in [0.1, 0.15) is 12.1 Å². The Bertz CT molecular complexity index is 336. The maximum atomic E-state index is 12.3. The van der Waals surface area contributed by atoms with Crippen LogP contribution in [0, 0.1) is 11.8 Å².